The van der Waals surface area contributed by atoms with Crippen LogP contribution in [-0.4, -0.2) is 19.0 Å². The van der Waals surface area contributed by atoms with Crippen LogP contribution in [0.1, 0.15) is 25.8 Å². The molecule has 0 aliphatic rings. The van der Waals surface area contributed by atoms with Crippen molar-refractivity contribution in [2.45, 2.75) is 26.7 Å². The van der Waals surface area contributed by atoms with Gasteiger partial charge in [0.2, 0.25) is 5.91 Å². The van der Waals surface area contributed by atoms with Crippen molar-refractivity contribution in [3.05, 3.63) is 29.8 Å². The molecule has 1 aromatic carbocycles. The Bertz CT molecular complexity index is 336. The van der Waals surface area contributed by atoms with E-state index in [1.165, 1.54) is 5.56 Å². The minimum atomic E-state index is 0.0987. The predicted octanol–water partition coefficient (Wildman–Crippen LogP) is 2.19. The fourth-order valence-electron chi connectivity index (χ4n) is 1.51. The molecule has 0 heterocycles. The number of aryl methyl sites for hydroxylation is 1. The monoisotopic (exact) mass is 220 g/mol. The molecule has 0 atom stereocenters. The first kappa shape index (κ1) is 12.6. The Morgan fingerprint density at radius 1 is 1.31 bits per heavy atom. The van der Waals surface area contributed by atoms with Gasteiger partial charge < -0.3 is 10.6 Å². The van der Waals surface area contributed by atoms with Crippen LogP contribution in [-0.2, 0) is 11.2 Å². The van der Waals surface area contributed by atoms with Crippen LogP contribution in [0.3, 0.4) is 0 Å². The molecule has 0 aliphatic heterocycles. The Balaban J connectivity index is 2.34. The lowest BCUT2D eigenvalue weighted by molar-refractivity contribution is -0.120. The standard InChI is InChI=1S/C13H20N2O/c1-3-11-6-5-7-12(10-11)15-9-8-13(16)14-4-2/h5-7,10,15H,3-4,8-9H2,1-2H3,(H,14,16). The summed E-state index contributed by atoms with van der Waals surface area (Å²) < 4.78 is 0. The molecule has 0 saturated carbocycles. The Morgan fingerprint density at radius 2 is 2.12 bits per heavy atom. The Morgan fingerprint density at radius 3 is 2.81 bits per heavy atom. The van der Waals surface area contributed by atoms with E-state index in [0.29, 0.717) is 19.5 Å². The predicted molar refractivity (Wildman–Crippen MR) is 67.6 cm³/mol. The largest absolute Gasteiger partial charge is 0.385 e. The second kappa shape index (κ2) is 6.88. The summed E-state index contributed by atoms with van der Waals surface area (Å²) in [5.74, 6) is 0.0987. The molecule has 1 rings (SSSR count). The molecule has 0 fully saturated rings. The number of hydrogen-bond acceptors (Lipinski definition) is 2. The van der Waals surface area contributed by atoms with E-state index >= 15 is 0 Å². The van der Waals surface area contributed by atoms with Gasteiger partial charge in [0.25, 0.3) is 0 Å². The Kier molecular flexibility index (Phi) is 5.40. The van der Waals surface area contributed by atoms with Crippen LogP contribution in [0.2, 0.25) is 0 Å². The molecule has 0 bridgehead atoms. The van der Waals surface area contributed by atoms with Crippen molar-refractivity contribution < 1.29 is 4.79 Å². The van der Waals surface area contributed by atoms with Crippen molar-refractivity contribution in [1.82, 2.24) is 5.32 Å². The molecule has 1 aromatic rings. The van der Waals surface area contributed by atoms with E-state index in [9.17, 15) is 4.79 Å². The van der Waals surface area contributed by atoms with E-state index in [1.54, 1.807) is 0 Å². The summed E-state index contributed by atoms with van der Waals surface area (Å²) in [6.07, 6.45) is 1.55. The van der Waals surface area contributed by atoms with Gasteiger partial charge in [-0.15, -0.1) is 0 Å². The topological polar surface area (TPSA) is 41.1 Å². The zero-order valence-corrected chi connectivity index (χ0v) is 10.0. The average molecular weight is 220 g/mol. The molecule has 0 radical (unpaired) electrons. The highest BCUT2D eigenvalue weighted by atomic mass is 16.1. The SMILES string of the molecule is CCNC(=O)CCNc1cccc(CC)c1. The minimum Gasteiger partial charge on any atom is -0.385 e. The molecule has 0 spiro atoms. The van der Waals surface area contributed by atoms with E-state index in [-0.39, 0.29) is 5.91 Å². The van der Waals surface area contributed by atoms with Gasteiger partial charge in [-0.1, -0.05) is 19.1 Å². The molecular formula is C13H20N2O. The lowest BCUT2D eigenvalue weighted by atomic mass is 10.1. The molecule has 0 saturated heterocycles. The quantitative estimate of drug-likeness (QED) is 0.771. The normalized spacial score (nSPS) is 9.88. The van der Waals surface area contributed by atoms with Gasteiger partial charge in [-0.2, -0.15) is 0 Å². The van der Waals surface area contributed by atoms with Crippen LogP contribution < -0.4 is 10.6 Å². The highest BCUT2D eigenvalue weighted by molar-refractivity contribution is 5.76. The zero-order chi connectivity index (χ0) is 11.8. The maximum atomic E-state index is 11.2. The van der Waals surface area contributed by atoms with E-state index < -0.39 is 0 Å². The first-order chi connectivity index (χ1) is 7.76. The highest BCUT2D eigenvalue weighted by Crippen LogP contribution is 2.10. The van der Waals surface area contributed by atoms with Gasteiger partial charge in [-0.25, -0.2) is 0 Å². The number of rotatable bonds is 6. The number of carbonyl (C=O) groups excluding carboxylic acids is 1. The van der Waals surface area contributed by atoms with Crippen LogP contribution in [0.25, 0.3) is 0 Å². The summed E-state index contributed by atoms with van der Waals surface area (Å²) in [6, 6.07) is 8.29. The molecule has 0 unspecified atom stereocenters. The third kappa shape index (κ3) is 4.34. The van der Waals surface area contributed by atoms with Gasteiger partial charge in [0.15, 0.2) is 0 Å². The number of nitrogens with one attached hydrogen (secondary N) is 2. The van der Waals surface area contributed by atoms with Crippen molar-refractivity contribution >= 4 is 11.6 Å². The number of benzene rings is 1. The minimum absolute atomic E-state index is 0.0987. The molecule has 3 heteroatoms. The second-order valence-corrected chi connectivity index (χ2v) is 3.68. The maximum absolute atomic E-state index is 11.2. The van der Waals surface area contributed by atoms with Crippen molar-refractivity contribution in [3.8, 4) is 0 Å². The average Bonchev–Trinajstić information content (AvgIpc) is 2.30. The smallest absolute Gasteiger partial charge is 0.221 e. The second-order valence-electron chi connectivity index (χ2n) is 3.68. The third-order valence-corrected chi connectivity index (χ3v) is 2.39. The molecular weight excluding hydrogens is 200 g/mol. The van der Waals surface area contributed by atoms with Gasteiger partial charge >= 0.3 is 0 Å². The van der Waals surface area contributed by atoms with Crippen molar-refractivity contribution in [2.24, 2.45) is 0 Å². The molecule has 0 aromatic heterocycles. The number of carbonyl (C=O) groups is 1. The fourth-order valence-corrected chi connectivity index (χ4v) is 1.51. The highest BCUT2D eigenvalue weighted by Gasteiger charge is 1.99. The van der Waals surface area contributed by atoms with E-state index in [2.05, 4.69) is 29.7 Å². The van der Waals surface area contributed by atoms with Crippen LogP contribution in [0, 0.1) is 0 Å². The number of anilines is 1. The zero-order valence-electron chi connectivity index (χ0n) is 10.0. The van der Waals surface area contributed by atoms with Gasteiger partial charge in [0.1, 0.15) is 0 Å². The molecule has 88 valence electrons. The molecule has 16 heavy (non-hydrogen) atoms. The van der Waals surface area contributed by atoms with Gasteiger partial charge in [0.05, 0.1) is 0 Å². The van der Waals surface area contributed by atoms with E-state index in [1.807, 2.05) is 19.1 Å². The van der Waals surface area contributed by atoms with Crippen LogP contribution in [0.15, 0.2) is 24.3 Å². The van der Waals surface area contributed by atoms with Crippen LogP contribution in [0.5, 0.6) is 0 Å². The van der Waals surface area contributed by atoms with Gasteiger partial charge in [-0.3, -0.25) is 4.79 Å². The Labute approximate surface area is 97.2 Å². The van der Waals surface area contributed by atoms with Crippen molar-refractivity contribution in [3.63, 3.8) is 0 Å². The number of hydrogen-bond donors (Lipinski definition) is 2. The summed E-state index contributed by atoms with van der Waals surface area (Å²) in [7, 11) is 0. The van der Waals surface area contributed by atoms with E-state index in [0.717, 1.165) is 12.1 Å². The third-order valence-electron chi connectivity index (χ3n) is 2.39. The molecule has 2 N–H and O–H groups in total. The van der Waals surface area contributed by atoms with Crippen molar-refractivity contribution in [1.29, 1.82) is 0 Å². The van der Waals surface area contributed by atoms with Crippen LogP contribution in [0.4, 0.5) is 5.69 Å². The molecule has 0 aliphatic carbocycles. The van der Waals surface area contributed by atoms with E-state index in [4.69, 9.17) is 0 Å². The fraction of sp³-hybridized carbons (Fsp3) is 0.462. The first-order valence-corrected chi connectivity index (χ1v) is 5.85. The first-order valence-electron chi connectivity index (χ1n) is 5.85. The lowest BCUT2D eigenvalue weighted by Gasteiger charge is -2.07. The Hall–Kier alpha value is -1.51. The summed E-state index contributed by atoms with van der Waals surface area (Å²) in [5, 5.41) is 6.02. The molecule has 1 amide bonds. The summed E-state index contributed by atoms with van der Waals surface area (Å²) >= 11 is 0. The summed E-state index contributed by atoms with van der Waals surface area (Å²) in [6.45, 7) is 5.44. The van der Waals surface area contributed by atoms with Crippen molar-refractivity contribution in [2.75, 3.05) is 18.4 Å². The van der Waals surface area contributed by atoms with Crippen LogP contribution >= 0.6 is 0 Å². The summed E-state index contributed by atoms with van der Waals surface area (Å²) in [5.41, 5.74) is 2.40. The van der Waals surface area contributed by atoms with Gasteiger partial charge in [-0.05, 0) is 31.0 Å². The van der Waals surface area contributed by atoms with Gasteiger partial charge in [0, 0.05) is 25.2 Å². The number of amides is 1. The maximum Gasteiger partial charge on any atom is 0.221 e. The molecule has 3 nitrogen and oxygen atoms in total. The summed E-state index contributed by atoms with van der Waals surface area (Å²) in [4.78, 5) is 11.2. The lowest BCUT2D eigenvalue weighted by Crippen LogP contribution is -2.24.